The molecule has 1 fully saturated rings. The third kappa shape index (κ3) is 2.92. The van der Waals surface area contributed by atoms with Crippen molar-refractivity contribution < 1.29 is 4.39 Å². The van der Waals surface area contributed by atoms with E-state index in [4.69, 9.17) is 5.26 Å². The summed E-state index contributed by atoms with van der Waals surface area (Å²) < 4.78 is 13.0. The number of benzene rings is 1. The second-order valence-electron chi connectivity index (χ2n) is 4.31. The van der Waals surface area contributed by atoms with Crippen LogP contribution in [0.25, 0.3) is 0 Å². The van der Waals surface area contributed by atoms with E-state index in [9.17, 15) is 4.39 Å². The van der Waals surface area contributed by atoms with Crippen molar-refractivity contribution in [2.24, 2.45) is 0 Å². The van der Waals surface area contributed by atoms with Gasteiger partial charge in [0.2, 0.25) is 0 Å². The fraction of sp³-hybridized carbons (Fsp3) is 0.462. The lowest BCUT2D eigenvalue weighted by Gasteiger charge is -2.15. The third-order valence-electron chi connectivity index (χ3n) is 3.18. The van der Waals surface area contributed by atoms with Crippen molar-refractivity contribution in [1.29, 1.82) is 5.26 Å². The Bertz CT molecular complexity index is 442. The first-order chi connectivity index (χ1) is 8.22. The van der Waals surface area contributed by atoms with Gasteiger partial charge in [-0.1, -0.05) is 0 Å². The second kappa shape index (κ2) is 5.42. The summed E-state index contributed by atoms with van der Waals surface area (Å²) in [4.78, 5) is 0. The molecular weight excluding hydrogens is 235 g/mol. The van der Waals surface area contributed by atoms with Crippen LogP contribution in [0.2, 0.25) is 0 Å². The SMILES string of the molecule is CSC1CCC(Nc2ccc(F)cc2C#N)C1. The van der Waals surface area contributed by atoms with Gasteiger partial charge in [0.1, 0.15) is 11.9 Å². The van der Waals surface area contributed by atoms with Crippen LogP contribution in [0.1, 0.15) is 24.8 Å². The zero-order valence-corrected chi connectivity index (χ0v) is 10.6. The number of halogens is 1. The fourth-order valence-electron chi connectivity index (χ4n) is 2.24. The van der Waals surface area contributed by atoms with Gasteiger partial charge in [-0.2, -0.15) is 17.0 Å². The van der Waals surface area contributed by atoms with Crippen LogP contribution < -0.4 is 5.32 Å². The van der Waals surface area contributed by atoms with Gasteiger partial charge in [-0.25, -0.2) is 4.39 Å². The summed E-state index contributed by atoms with van der Waals surface area (Å²) in [5.41, 5.74) is 1.14. The van der Waals surface area contributed by atoms with E-state index in [1.165, 1.54) is 18.6 Å². The van der Waals surface area contributed by atoms with E-state index in [-0.39, 0.29) is 5.82 Å². The predicted molar refractivity (Wildman–Crippen MR) is 69.7 cm³/mol. The maximum absolute atomic E-state index is 13.0. The molecule has 1 N–H and O–H groups in total. The molecule has 17 heavy (non-hydrogen) atoms. The molecule has 0 aromatic heterocycles. The van der Waals surface area contributed by atoms with Gasteiger partial charge in [0.05, 0.1) is 11.3 Å². The van der Waals surface area contributed by atoms with Gasteiger partial charge < -0.3 is 5.32 Å². The Morgan fingerprint density at radius 2 is 2.29 bits per heavy atom. The molecule has 0 bridgehead atoms. The van der Waals surface area contributed by atoms with Crippen LogP contribution in [0.15, 0.2) is 18.2 Å². The second-order valence-corrected chi connectivity index (χ2v) is 5.45. The van der Waals surface area contributed by atoms with Crippen molar-refractivity contribution in [3.63, 3.8) is 0 Å². The molecule has 2 rings (SSSR count). The first-order valence-electron chi connectivity index (χ1n) is 5.72. The van der Waals surface area contributed by atoms with Crippen molar-refractivity contribution in [1.82, 2.24) is 0 Å². The Morgan fingerprint density at radius 1 is 1.47 bits per heavy atom. The fourth-order valence-corrected chi connectivity index (χ4v) is 3.04. The molecule has 4 heteroatoms. The van der Waals surface area contributed by atoms with E-state index < -0.39 is 0 Å². The van der Waals surface area contributed by atoms with Crippen molar-refractivity contribution >= 4 is 17.4 Å². The highest BCUT2D eigenvalue weighted by Crippen LogP contribution is 2.31. The van der Waals surface area contributed by atoms with Gasteiger partial charge >= 0.3 is 0 Å². The zero-order valence-electron chi connectivity index (χ0n) is 9.74. The molecule has 1 saturated carbocycles. The Morgan fingerprint density at radius 3 is 2.94 bits per heavy atom. The number of thioether (sulfide) groups is 1. The highest BCUT2D eigenvalue weighted by Gasteiger charge is 2.24. The average Bonchev–Trinajstić information content (AvgIpc) is 2.79. The minimum Gasteiger partial charge on any atom is -0.381 e. The standard InChI is InChI=1S/C13H15FN2S/c1-17-12-4-3-11(7-12)16-13-5-2-10(14)6-9(13)8-15/h2,5-6,11-12,16H,3-4,7H2,1H3. The van der Waals surface area contributed by atoms with Crippen LogP contribution >= 0.6 is 11.8 Å². The minimum absolute atomic E-state index is 0.361. The van der Waals surface area contributed by atoms with Gasteiger partial charge in [-0.15, -0.1) is 0 Å². The lowest BCUT2D eigenvalue weighted by molar-refractivity contribution is 0.627. The number of nitrogens with one attached hydrogen (secondary N) is 1. The van der Waals surface area contributed by atoms with Crippen molar-refractivity contribution in [2.45, 2.75) is 30.6 Å². The Balaban J connectivity index is 2.07. The molecule has 1 aliphatic rings. The van der Waals surface area contributed by atoms with Crippen molar-refractivity contribution in [3.05, 3.63) is 29.6 Å². The predicted octanol–water partition coefficient (Wildman–Crippen LogP) is 3.39. The van der Waals surface area contributed by atoms with Gasteiger partial charge in [0, 0.05) is 11.3 Å². The lowest BCUT2D eigenvalue weighted by Crippen LogP contribution is -2.16. The Hall–Kier alpha value is -1.21. The van der Waals surface area contributed by atoms with Crippen LogP contribution in [0, 0.1) is 17.1 Å². The molecule has 2 atom stereocenters. The Kier molecular flexibility index (Phi) is 3.90. The molecular formula is C13H15FN2S. The molecule has 2 nitrogen and oxygen atoms in total. The first-order valence-corrected chi connectivity index (χ1v) is 7.00. The highest BCUT2D eigenvalue weighted by molar-refractivity contribution is 7.99. The van der Waals surface area contributed by atoms with E-state index in [2.05, 4.69) is 11.6 Å². The Labute approximate surface area is 105 Å². The number of nitrogens with zero attached hydrogens (tertiary/aromatic N) is 1. The molecule has 0 heterocycles. The maximum atomic E-state index is 13.0. The molecule has 0 radical (unpaired) electrons. The van der Waals surface area contributed by atoms with Crippen LogP contribution in [-0.4, -0.2) is 17.5 Å². The van der Waals surface area contributed by atoms with Crippen LogP contribution in [0.3, 0.4) is 0 Å². The molecule has 0 saturated heterocycles. The number of nitriles is 1. The molecule has 90 valence electrons. The number of hydrogen-bond acceptors (Lipinski definition) is 3. The normalized spacial score (nSPS) is 23.4. The van der Waals surface area contributed by atoms with Gasteiger partial charge in [-0.3, -0.25) is 0 Å². The smallest absolute Gasteiger partial charge is 0.124 e. The summed E-state index contributed by atoms with van der Waals surface area (Å²) in [5, 5.41) is 13.0. The highest BCUT2D eigenvalue weighted by atomic mass is 32.2. The maximum Gasteiger partial charge on any atom is 0.124 e. The topological polar surface area (TPSA) is 35.8 Å². The molecule has 2 unspecified atom stereocenters. The van der Waals surface area contributed by atoms with Gasteiger partial charge in [0.25, 0.3) is 0 Å². The van der Waals surface area contributed by atoms with Crippen LogP contribution in [0.5, 0.6) is 0 Å². The monoisotopic (exact) mass is 250 g/mol. The van der Waals surface area contributed by atoms with Crippen LogP contribution in [0.4, 0.5) is 10.1 Å². The summed E-state index contributed by atoms with van der Waals surface area (Å²) in [7, 11) is 0. The number of anilines is 1. The quantitative estimate of drug-likeness (QED) is 0.893. The minimum atomic E-state index is -0.361. The summed E-state index contributed by atoms with van der Waals surface area (Å²) in [6.45, 7) is 0. The molecule has 0 amide bonds. The summed E-state index contributed by atoms with van der Waals surface area (Å²) in [5.74, 6) is -0.361. The van der Waals surface area contributed by atoms with E-state index in [1.807, 2.05) is 17.8 Å². The molecule has 1 aromatic rings. The summed E-state index contributed by atoms with van der Waals surface area (Å²) in [6, 6.07) is 6.76. The van der Waals surface area contributed by atoms with Gasteiger partial charge in [0.15, 0.2) is 0 Å². The third-order valence-corrected chi connectivity index (χ3v) is 4.27. The van der Waals surface area contributed by atoms with E-state index in [0.29, 0.717) is 16.9 Å². The van der Waals surface area contributed by atoms with E-state index in [0.717, 1.165) is 18.5 Å². The lowest BCUT2D eigenvalue weighted by atomic mass is 10.1. The zero-order chi connectivity index (χ0) is 12.3. The first kappa shape index (κ1) is 12.3. The molecule has 0 spiro atoms. The molecule has 1 aromatic carbocycles. The van der Waals surface area contributed by atoms with E-state index in [1.54, 1.807) is 6.07 Å². The summed E-state index contributed by atoms with van der Waals surface area (Å²) >= 11 is 1.89. The number of rotatable bonds is 3. The largest absolute Gasteiger partial charge is 0.381 e. The molecule has 1 aliphatic carbocycles. The molecule has 0 aliphatic heterocycles. The van der Waals surface area contributed by atoms with Crippen molar-refractivity contribution in [3.8, 4) is 6.07 Å². The van der Waals surface area contributed by atoms with Gasteiger partial charge in [-0.05, 0) is 43.7 Å². The van der Waals surface area contributed by atoms with Crippen LogP contribution in [-0.2, 0) is 0 Å². The number of hydrogen-bond donors (Lipinski definition) is 1. The van der Waals surface area contributed by atoms with Crippen molar-refractivity contribution in [2.75, 3.05) is 11.6 Å². The average molecular weight is 250 g/mol. The summed E-state index contributed by atoms with van der Waals surface area (Å²) in [6.07, 6.45) is 5.57. The van der Waals surface area contributed by atoms with E-state index >= 15 is 0 Å².